The summed E-state index contributed by atoms with van der Waals surface area (Å²) in [5.41, 5.74) is 1.50. The van der Waals surface area contributed by atoms with Crippen LogP contribution in [-0.4, -0.2) is 11.6 Å². The molecule has 0 aliphatic heterocycles. The van der Waals surface area contributed by atoms with Gasteiger partial charge in [0.15, 0.2) is 5.78 Å². The van der Waals surface area contributed by atoms with E-state index in [1.54, 1.807) is 0 Å². The highest BCUT2D eigenvalue weighted by atomic mass is 16.1. The van der Waals surface area contributed by atoms with E-state index < -0.39 is 0 Å². The number of fused-ring (bicyclic) bond motifs is 5. The average molecular weight is 425 g/mol. The summed E-state index contributed by atoms with van der Waals surface area (Å²) in [6, 6.07) is 0. The van der Waals surface area contributed by atoms with Crippen molar-refractivity contribution in [2.45, 2.75) is 92.9 Å². The van der Waals surface area contributed by atoms with Gasteiger partial charge in [0.2, 0.25) is 0 Å². The van der Waals surface area contributed by atoms with Crippen LogP contribution in [0.25, 0.3) is 0 Å². The van der Waals surface area contributed by atoms with Gasteiger partial charge in [-0.3, -0.25) is 9.59 Å². The van der Waals surface area contributed by atoms with Gasteiger partial charge in [-0.25, -0.2) is 0 Å². The maximum atomic E-state index is 13.4. The molecule has 3 saturated carbocycles. The number of allylic oxidation sites excluding steroid dienone is 4. The molecule has 0 spiro atoms. The van der Waals surface area contributed by atoms with Gasteiger partial charge in [0, 0.05) is 18.8 Å². The van der Waals surface area contributed by atoms with Crippen molar-refractivity contribution in [2.75, 3.05) is 0 Å². The Morgan fingerprint density at radius 1 is 1.03 bits per heavy atom. The molecule has 4 aliphatic rings. The summed E-state index contributed by atoms with van der Waals surface area (Å²) < 4.78 is 0. The molecule has 0 bridgehead atoms. The van der Waals surface area contributed by atoms with E-state index in [0.717, 1.165) is 18.4 Å². The van der Waals surface area contributed by atoms with Gasteiger partial charge in [0.25, 0.3) is 0 Å². The minimum absolute atomic E-state index is 0.0725. The van der Waals surface area contributed by atoms with Crippen LogP contribution in [0.5, 0.6) is 0 Å². The molecule has 2 heteroatoms. The fourth-order valence-corrected chi connectivity index (χ4v) is 8.41. The van der Waals surface area contributed by atoms with Crippen LogP contribution in [0.2, 0.25) is 0 Å². The van der Waals surface area contributed by atoms with Crippen LogP contribution in [-0.2, 0) is 9.59 Å². The van der Waals surface area contributed by atoms with Crippen molar-refractivity contribution in [2.24, 2.45) is 52.3 Å². The summed E-state index contributed by atoms with van der Waals surface area (Å²) >= 11 is 0. The van der Waals surface area contributed by atoms with Crippen molar-refractivity contribution >= 4 is 11.6 Å². The van der Waals surface area contributed by atoms with E-state index in [-0.39, 0.29) is 16.7 Å². The van der Waals surface area contributed by atoms with Crippen LogP contribution in [0, 0.1) is 52.3 Å². The van der Waals surface area contributed by atoms with E-state index in [1.165, 1.54) is 25.7 Å². The largest absolute Gasteiger partial charge is 0.299 e. The van der Waals surface area contributed by atoms with E-state index in [1.807, 2.05) is 6.08 Å². The molecule has 0 radical (unpaired) electrons. The number of carbonyl (C=O) groups excluding carboxylic acids is 2. The Labute approximate surface area is 190 Å². The zero-order valence-electron chi connectivity index (χ0n) is 20.7. The molecule has 0 amide bonds. The van der Waals surface area contributed by atoms with Gasteiger partial charge in [0.05, 0.1) is 0 Å². The summed E-state index contributed by atoms with van der Waals surface area (Å²) in [5, 5.41) is 0. The molecule has 0 aromatic rings. The molecule has 31 heavy (non-hydrogen) atoms. The van der Waals surface area contributed by atoms with Crippen molar-refractivity contribution in [3.8, 4) is 0 Å². The molecule has 2 nitrogen and oxygen atoms in total. The fourth-order valence-electron chi connectivity index (χ4n) is 8.41. The zero-order valence-corrected chi connectivity index (χ0v) is 20.7. The first kappa shape index (κ1) is 23.0. The Balaban J connectivity index is 1.58. The molecule has 0 heterocycles. The molecule has 4 rings (SSSR count). The summed E-state index contributed by atoms with van der Waals surface area (Å²) in [4.78, 5) is 25.5. The van der Waals surface area contributed by atoms with E-state index in [0.29, 0.717) is 59.9 Å². The summed E-state index contributed by atoms with van der Waals surface area (Å²) in [5.74, 6) is 4.42. The van der Waals surface area contributed by atoms with E-state index in [9.17, 15) is 9.59 Å². The van der Waals surface area contributed by atoms with Crippen molar-refractivity contribution < 1.29 is 9.59 Å². The van der Waals surface area contributed by atoms with Crippen molar-refractivity contribution in [1.29, 1.82) is 0 Å². The number of rotatable bonds is 5. The lowest BCUT2D eigenvalue weighted by Crippen LogP contribution is -2.53. The van der Waals surface area contributed by atoms with E-state index >= 15 is 0 Å². The van der Waals surface area contributed by atoms with Crippen LogP contribution < -0.4 is 0 Å². The normalized spacial score (nSPS) is 42.2. The third kappa shape index (κ3) is 3.70. The van der Waals surface area contributed by atoms with Gasteiger partial charge < -0.3 is 0 Å². The number of ketones is 2. The van der Waals surface area contributed by atoms with E-state index in [4.69, 9.17) is 0 Å². The first-order chi connectivity index (χ1) is 14.6. The average Bonchev–Trinajstić information content (AvgIpc) is 3.06. The van der Waals surface area contributed by atoms with Crippen molar-refractivity contribution in [1.82, 2.24) is 0 Å². The fraction of sp³-hybridized carbons (Fsp3) is 0.793. The van der Waals surface area contributed by atoms with Gasteiger partial charge in [-0.2, -0.15) is 0 Å². The van der Waals surface area contributed by atoms with Crippen LogP contribution >= 0.6 is 0 Å². The minimum Gasteiger partial charge on any atom is -0.299 e. The Morgan fingerprint density at radius 2 is 1.77 bits per heavy atom. The predicted molar refractivity (Wildman–Crippen MR) is 128 cm³/mol. The number of hydrogen-bond donors (Lipinski definition) is 0. The van der Waals surface area contributed by atoms with Crippen molar-refractivity contribution in [3.63, 3.8) is 0 Å². The van der Waals surface area contributed by atoms with Gasteiger partial charge in [-0.1, -0.05) is 59.3 Å². The first-order valence-electron chi connectivity index (χ1n) is 13.1. The van der Waals surface area contributed by atoms with Crippen molar-refractivity contribution in [3.05, 3.63) is 23.8 Å². The molecule has 0 saturated heterocycles. The van der Waals surface area contributed by atoms with E-state index in [2.05, 4.69) is 53.7 Å². The molecular weight excluding hydrogens is 380 g/mol. The molecular formula is C29H44O2. The molecule has 0 aromatic heterocycles. The zero-order chi connectivity index (χ0) is 22.6. The highest BCUT2D eigenvalue weighted by Gasteiger charge is 2.61. The van der Waals surface area contributed by atoms with Gasteiger partial charge in [-0.15, -0.1) is 0 Å². The maximum Gasteiger partial charge on any atom is 0.159 e. The monoisotopic (exact) mass is 424 g/mol. The molecule has 0 aromatic carbocycles. The second-order valence-electron chi connectivity index (χ2n) is 12.2. The molecule has 4 aliphatic carbocycles. The highest BCUT2D eigenvalue weighted by molar-refractivity contribution is 5.96. The SMILES string of the molecule is CCC(C=CC(C)C1CCC2C3C(=O)C=C4CC(=O)CCC4(C)C3CCC12C)C(C)C. The molecule has 8 atom stereocenters. The Hall–Kier alpha value is -1.18. The predicted octanol–water partition coefficient (Wildman–Crippen LogP) is 7.19. The Morgan fingerprint density at radius 3 is 2.45 bits per heavy atom. The maximum absolute atomic E-state index is 13.4. The topological polar surface area (TPSA) is 34.1 Å². The standard InChI is InChI=1S/C29H44O2/c1-7-20(18(2)3)9-8-19(4)23-10-11-24-27-25(13-15-29(23,24)6)28(5)14-12-22(30)16-21(28)17-26(27)31/h8-9,17-20,23-25,27H,7,10-16H2,1-6H3. The molecule has 0 N–H and O–H groups in total. The quantitative estimate of drug-likeness (QED) is 0.438. The minimum atomic E-state index is 0.0725. The lowest BCUT2D eigenvalue weighted by molar-refractivity contribution is -0.135. The van der Waals surface area contributed by atoms with Gasteiger partial charge in [0.1, 0.15) is 5.78 Å². The van der Waals surface area contributed by atoms with Gasteiger partial charge in [-0.05, 0) is 90.9 Å². The second-order valence-corrected chi connectivity index (χ2v) is 12.2. The third-order valence-electron chi connectivity index (χ3n) is 10.5. The smallest absolute Gasteiger partial charge is 0.159 e. The van der Waals surface area contributed by atoms with Gasteiger partial charge >= 0.3 is 0 Å². The Kier molecular flexibility index (Phi) is 6.16. The lowest BCUT2D eigenvalue weighted by atomic mass is 9.46. The Bertz CT molecular complexity index is 789. The summed E-state index contributed by atoms with van der Waals surface area (Å²) in [6.07, 6.45) is 15.2. The first-order valence-corrected chi connectivity index (χ1v) is 13.1. The number of carbonyl (C=O) groups is 2. The summed E-state index contributed by atoms with van der Waals surface area (Å²) in [7, 11) is 0. The lowest BCUT2D eigenvalue weighted by Gasteiger charge is -2.57. The third-order valence-corrected chi connectivity index (χ3v) is 10.5. The van der Waals surface area contributed by atoms with Crippen LogP contribution in [0.1, 0.15) is 92.9 Å². The second kappa shape index (κ2) is 8.31. The molecule has 3 fully saturated rings. The highest BCUT2D eigenvalue weighted by Crippen LogP contribution is 2.66. The summed E-state index contributed by atoms with van der Waals surface area (Å²) in [6.45, 7) is 14.2. The van der Waals surface area contributed by atoms with Crippen LogP contribution in [0.15, 0.2) is 23.8 Å². The van der Waals surface area contributed by atoms with Crippen LogP contribution in [0.3, 0.4) is 0 Å². The number of Topliss-reactive ketones (excluding diaryl/α,β-unsaturated/α-hetero) is 1. The molecule has 172 valence electrons. The van der Waals surface area contributed by atoms with Crippen LogP contribution in [0.4, 0.5) is 0 Å². The number of hydrogen-bond acceptors (Lipinski definition) is 2. The molecule has 8 unspecified atom stereocenters.